The van der Waals surface area contributed by atoms with Crippen LogP contribution >= 0.6 is 0 Å². The number of rotatable bonds is 6. The Labute approximate surface area is 114 Å². The van der Waals surface area contributed by atoms with Crippen molar-refractivity contribution in [2.75, 3.05) is 13.7 Å². The van der Waals surface area contributed by atoms with Crippen molar-refractivity contribution >= 4 is 0 Å². The number of methoxy groups -OCH3 is 1. The van der Waals surface area contributed by atoms with E-state index in [0.717, 1.165) is 23.5 Å². The molecule has 0 spiro atoms. The largest absolute Gasteiger partial charge is 0.497 e. The van der Waals surface area contributed by atoms with Crippen molar-refractivity contribution in [3.8, 4) is 11.5 Å². The molecule has 2 rings (SSSR count). The van der Waals surface area contributed by atoms with Crippen LogP contribution in [0.4, 0.5) is 0 Å². The first-order chi connectivity index (χ1) is 9.31. The number of hydrogen-bond acceptors (Lipinski definition) is 3. The zero-order chi connectivity index (χ0) is 13.5. The van der Waals surface area contributed by atoms with Gasteiger partial charge in [-0.2, -0.15) is 0 Å². The third-order valence-corrected chi connectivity index (χ3v) is 2.98. The Hall–Kier alpha value is -2.00. The predicted octanol–water partition coefficient (Wildman–Crippen LogP) is 2.78. The molecule has 0 amide bonds. The minimum atomic E-state index is 0.562. The monoisotopic (exact) mass is 257 g/mol. The van der Waals surface area contributed by atoms with E-state index in [-0.39, 0.29) is 0 Å². The fraction of sp³-hybridized carbons (Fsp3) is 0.250. The summed E-state index contributed by atoms with van der Waals surface area (Å²) in [5.74, 6) is 1.76. The number of benzene rings is 2. The topological polar surface area (TPSA) is 44.5 Å². The molecular formula is C16H19NO2. The van der Waals surface area contributed by atoms with Crippen molar-refractivity contribution in [1.29, 1.82) is 0 Å². The van der Waals surface area contributed by atoms with Crippen molar-refractivity contribution in [2.45, 2.75) is 13.0 Å². The van der Waals surface area contributed by atoms with Crippen LogP contribution in [0.5, 0.6) is 11.5 Å². The Morgan fingerprint density at radius 1 is 0.842 bits per heavy atom. The summed E-state index contributed by atoms with van der Waals surface area (Å²) in [6.45, 7) is 1.22. The first-order valence-corrected chi connectivity index (χ1v) is 6.36. The van der Waals surface area contributed by atoms with Gasteiger partial charge in [0.15, 0.2) is 0 Å². The van der Waals surface area contributed by atoms with Gasteiger partial charge in [0.25, 0.3) is 0 Å². The number of nitrogens with two attached hydrogens (primary N) is 1. The molecule has 0 bridgehead atoms. The van der Waals surface area contributed by atoms with Crippen molar-refractivity contribution in [1.82, 2.24) is 0 Å². The molecule has 19 heavy (non-hydrogen) atoms. The lowest BCUT2D eigenvalue weighted by Gasteiger charge is -2.07. The van der Waals surface area contributed by atoms with Gasteiger partial charge in [-0.15, -0.1) is 0 Å². The fourth-order valence-corrected chi connectivity index (χ4v) is 1.80. The van der Waals surface area contributed by atoms with Crippen LogP contribution in [0.25, 0.3) is 0 Å². The summed E-state index contributed by atoms with van der Waals surface area (Å²) in [4.78, 5) is 0. The maximum atomic E-state index is 5.69. The van der Waals surface area contributed by atoms with Gasteiger partial charge in [-0.25, -0.2) is 0 Å². The van der Waals surface area contributed by atoms with Crippen LogP contribution < -0.4 is 15.2 Å². The molecule has 0 saturated heterocycles. The van der Waals surface area contributed by atoms with E-state index in [2.05, 4.69) is 12.1 Å². The molecule has 3 nitrogen and oxygen atoms in total. The minimum Gasteiger partial charge on any atom is -0.497 e. The average Bonchev–Trinajstić information content (AvgIpc) is 2.49. The van der Waals surface area contributed by atoms with Gasteiger partial charge in [0.1, 0.15) is 11.5 Å². The van der Waals surface area contributed by atoms with Crippen LogP contribution in [0, 0.1) is 0 Å². The van der Waals surface area contributed by atoms with Gasteiger partial charge in [-0.3, -0.25) is 0 Å². The molecule has 100 valence electrons. The molecule has 0 heterocycles. The maximum Gasteiger partial charge on any atom is 0.119 e. The van der Waals surface area contributed by atoms with Crippen LogP contribution in [0.2, 0.25) is 0 Å². The Morgan fingerprint density at radius 2 is 1.42 bits per heavy atom. The Morgan fingerprint density at radius 3 is 2.00 bits per heavy atom. The van der Waals surface area contributed by atoms with E-state index in [9.17, 15) is 0 Å². The van der Waals surface area contributed by atoms with Crippen molar-refractivity contribution in [2.24, 2.45) is 5.73 Å². The summed E-state index contributed by atoms with van der Waals surface area (Å²) in [7, 11) is 1.67. The molecule has 0 aromatic heterocycles. The van der Waals surface area contributed by atoms with E-state index in [0.29, 0.717) is 13.2 Å². The lowest BCUT2D eigenvalue weighted by atomic mass is 10.1. The van der Waals surface area contributed by atoms with E-state index < -0.39 is 0 Å². The normalized spacial score (nSPS) is 10.2. The summed E-state index contributed by atoms with van der Waals surface area (Å²) in [6.07, 6.45) is 0.878. The van der Waals surface area contributed by atoms with Gasteiger partial charge in [0.2, 0.25) is 0 Å². The molecule has 2 N–H and O–H groups in total. The van der Waals surface area contributed by atoms with Crippen molar-refractivity contribution < 1.29 is 9.47 Å². The Balaban J connectivity index is 1.81. The molecule has 0 aliphatic heterocycles. The zero-order valence-electron chi connectivity index (χ0n) is 11.1. The molecule has 0 aliphatic rings. The molecule has 2 aromatic rings. The van der Waals surface area contributed by atoms with E-state index in [4.69, 9.17) is 15.2 Å². The van der Waals surface area contributed by atoms with E-state index in [1.807, 2.05) is 36.4 Å². The summed E-state index contributed by atoms with van der Waals surface area (Å²) >= 11 is 0. The average molecular weight is 257 g/mol. The summed E-state index contributed by atoms with van der Waals surface area (Å²) < 4.78 is 10.8. The summed E-state index contributed by atoms with van der Waals surface area (Å²) in [5, 5.41) is 0. The van der Waals surface area contributed by atoms with Crippen LogP contribution in [0.15, 0.2) is 48.5 Å². The van der Waals surface area contributed by atoms with Crippen LogP contribution in [0.3, 0.4) is 0 Å². The lowest BCUT2D eigenvalue weighted by Crippen LogP contribution is -2.02. The second kappa shape index (κ2) is 6.81. The van der Waals surface area contributed by atoms with Gasteiger partial charge in [0.05, 0.1) is 13.7 Å². The van der Waals surface area contributed by atoms with Crippen LogP contribution in [-0.4, -0.2) is 13.7 Å². The SMILES string of the molecule is COc1ccc(CCOc2ccc(CN)cc2)cc1. The maximum absolute atomic E-state index is 5.69. The highest BCUT2D eigenvalue weighted by atomic mass is 16.5. The zero-order valence-corrected chi connectivity index (χ0v) is 11.1. The molecule has 0 unspecified atom stereocenters. The van der Waals surface area contributed by atoms with Crippen molar-refractivity contribution in [3.63, 3.8) is 0 Å². The molecule has 0 saturated carbocycles. The van der Waals surface area contributed by atoms with E-state index in [1.165, 1.54) is 5.56 Å². The molecule has 0 aliphatic carbocycles. The Bertz CT molecular complexity index is 444. The standard InChI is InChI=1S/C16H19NO2/c1-18-15-6-2-13(3-7-15)10-11-19-16-8-4-14(12-17)5-9-16/h2-9H,10-12,17H2,1H3. The fourth-order valence-electron chi connectivity index (χ4n) is 1.80. The minimum absolute atomic E-state index is 0.562. The molecule has 0 radical (unpaired) electrons. The third-order valence-electron chi connectivity index (χ3n) is 2.98. The van der Waals surface area contributed by atoms with Gasteiger partial charge < -0.3 is 15.2 Å². The number of hydrogen-bond donors (Lipinski definition) is 1. The van der Waals surface area contributed by atoms with Gasteiger partial charge in [-0.1, -0.05) is 24.3 Å². The van der Waals surface area contributed by atoms with Gasteiger partial charge in [0, 0.05) is 13.0 Å². The third kappa shape index (κ3) is 4.00. The molecule has 0 atom stereocenters. The van der Waals surface area contributed by atoms with Crippen molar-refractivity contribution in [3.05, 3.63) is 59.7 Å². The predicted molar refractivity (Wildman–Crippen MR) is 76.5 cm³/mol. The number of ether oxygens (including phenoxy) is 2. The molecule has 3 heteroatoms. The Kier molecular flexibility index (Phi) is 4.81. The highest BCUT2D eigenvalue weighted by Gasteiger charge is 1.97. The highest BCUT2D eigenvalue weighted by Crippen LogP contribution is 2.14. The second-order valence-corrected chi connectivity index (χ2v) is 4.29. The highest BCUT2D eigenvalue weighted by molar-refractivity contribution is 5.28. The smallest absolute Gasteiger partial charge is 0.119 e. The van der Waals surface area contributed by atoms with E-state index in [1.54, 1.807) is 7.11 Å². The summed E-state index contributed by atoms with van der Waals surface area (Å²) in [5.41, 5.74) is 7.90. The first kappa shape index (κ1) is 13.4. The first-order valence-electron chi connectivity index (χ1n) is 6.36. The molecule has 0 fully saturated rings. The van der Waals surface area contributed by atoms with Crippen LogP contribution in [-0.2, 0) is 13.0 Å². The second-order valence-electron chi connectivity index (χ2n) is 4.29. The van der Waals surface area contributed by atoms with Gasteiger partial charge in [-0.05, 0) is 35.4 Å². The van der Waals surface area contributed by atoms with Crippen LogP contribution in [0.1, 0.15) is 11.1 Å². The van der Waals surface area contributed by atoms with Gasteiger partial charge >= 0.3 is 0 Å². The molecule has 2 aromatic carbocycles. The summed E-state index contributed by atoms with van der Waals surface area (Å²) in [6, 6.07) is 15.9. The molecular weight excluding hydrogens is 238 g/mol. The lowest BCUT2D eigenvalue weighted by molar-refractivity contribution is 0.322. The quantitative estimate of drug-likeness (QED) is 0.865. The van der Waals surface area contributed by atoms with E-state index >= 15 is 0 Å².